The lowest BCUT2D eigenvalue weighted by Crippen LogP contribution is -2.53. The number of nitrogens with one attached hydrogen (secondary N) is 1. The van der Waals surface area contributed by atoms with E-state index in [0.29, 0.717) is 5.92 Å². The highest BCUT2D eigenvalue weighted by Gasteiger charge is 2.46. The summed E-state index contributed by atoms with van der Waals surface area (Å²) >= 11 is 0. The van der Waals surface area contributed by atoms with Crippen LogP contribution in [0.4, 0.5) is 0 Å². The van der Waals surface area contributed by atoms with Crippen LogP contribution in [0.2, 0.25) is 0 Å². The van der Waals surface area contributed by atoms with Gasteiger partial charge in [0.1, 0.15) is 6.10 Å². The smallest absolute Gasteiger partial charge is 0.109 e. The average Bonchev–Trinajstić information content (AvgIpc) is 2.84. The molecule has 6 atom stereocenters. The standard InChI is InChI=1S/C25H49NO6/c1-7-25(27,19-16-22(30-4)24(32-6)23(17-19)31-5)12-8-13-26-14-11-18-9-10-20(28-2)21(15-18)29-3/h18-24,26-27H,7-17H2,1-6H3. The van der Waals surface area contributed by atoms with Gasteiger partial charge in [-0.1, -0.05) is 6.92 Å². The van der Waals surface area contributed by atoms with Crippen LogP contribution in [0.15, 0.2) is 0 Å². The van der Waals surface area contributed by atoms with E-state index in [-0.39, 0.29) is 36.4 Å². The Bertz CT molecular complexity index is 495. The summed E-state index contributed by atoms with van der Waals surface area (Å²) in [5.74, 6) is 0.843. The molecule has 7 heteroatoms. The van der Waals surface area contributed by atoms with Crippen molar-refractivity contribution in [3.8, 4) is 0 Å². The maximum atomic E-state index is 11.5. The zero-order valence-electron chi connectivity index (χ0n) is 21.3. The molecule has 2 aliphatic rings. The highest BCUT2D eigenvalue weighted by molar-refractivity contribution is 4.97. The number of hydrogen-bond acceptors (Lipinski definition) is 7. The molecule has 2 rings (SSSR count). The van der Waals surface area contributed by atoms with Gasteiger partial charge < -0.3 is 34.1 Å². The summed E-state index contributed by atoms with van der Waals surface area (Å²) in [6.45, 7) is 4.03. The van der Waals surface area contributed by atoms with Crippen molar-refractivity contribution in [2.75, 3.05) is 48.6 Å². The first-order valence-electron chi connectivity index (χ1n) is 12.5. The molecule has 7 nitrogen and oxygen atoms in total. The highest BCUT2D eigenvalue weighted by Crippen LogP contribution is 2.40. The monoisotopic (exact) mass is 459 g/mol. The molecule has 0 aromatic heterocycles. The predicted molar refractivity (Wildman–Crippen MR) is 126 cm³/mol. The molecular formula is C25H49NO6. The molecule has 0 amide bonds. The Hall–Kier alpha value is -0.280. The molecule has 0 radical (unpaired) electrons. The van der Waals surface area contributed by atoms with Crippen molar-refractivity contribution in [2.45, 2.75) is 101 Å². The van der Waals surface area contributed by atoms with E-state index in [2.05, 4.69) is 12.2 Å². The van der Waals surface area contributed by atoms with Gasteiger partial charge in [0, 0.05) is 35.5 Å². The number of aliphatic hydroxyl groups is 1. The van der Waals surface area contributed by atoms with E-state index >= 15 is 0 Å². The molecule has 6 unspecified atom stereocenters. The second-order valence-electron chi connectivity index (χ2n) is 9.74. The van der Waals surface area contributed by atoms with Crippen LogP contribution in [0.25, 0.3) is 0 Å². The van der Waals surface area contributed by atoms with E-state index in [1.165, 1.54) is 12.8 Å². The molecule has 0 aliphatic heterocycles. The van der Waals surface area contributed by atoms with Gasteiger partial charge in [-0.25, -0.2) is 0 Å². The summed E-state index contributed by atoms with van der Waals surface area (Å²) < 4.78 is 28.2. The van der Waals surface area contributed by atoms with E-state index in [9.17, 15) is 5.11 Å². The third-order valence-electron chi connectivity index (χ3n) is 8.15. The molecule has 190 valence electrons. The normalized spacial score (nSPS) is 35.5. The minimum absolute atomic E-state index is 0.0518. The van der Waals surface area contributed by atoms with Crippen LogP contribution in [0, 0.1) is 11.8 Å². The Labute approximate surface area is 195 Å². The van der Waals surface area contributed by atoms with Crippen LogP contribution in [0.5, 0.6) is 0 Å². The summed E-state index contributed by atoms with van der Waals surface area (Å²) in [7, 11) is 8.72. The first-order chi connectivity index (χ1) is 15.5. The van der Waals surface area contributed by atoms with Crippen molar-refractivity contribution in [3.63, 3.8) is 0 Å². The van der Waals surface area contributed by atoms with Crippen molar-refractivity contribution in [1.82, 2.24) is 5.32 Å². The van der Waals surface area contributed by atoms with E-state index in [0.717, 1.165) is 58.0 Å². The van der Waals surface area contributed by atoms with E-state index in [1.807, 2.05) is 0 Å². The Morgan fingerprint density at radius 2 is 1.41 bits per heavy atom. The number of ether oxygens (including phenoxy) is 5. The molecule has 0 aromatic rings. The van der Waals surface area contributed by atoms with Gasteiger partial charge >= 0.3 is 0 Å². The fraction of sp³-hybridized carbons (Fsp3) is 1.00. The van der Waals surface area contributed by atoms with Crippen LogP contribution in [-0.4, -0.2) is 89.9 Å². The molecular weight excluding hydrogens is 410 g/mol. The molecule has 0 bridgehead atoms. The van der Waals surface area contributed by atoms with Crippen molar-refractivity contribution in [2.24, 2.45) is 11.8 Å². The number of methoxy groups -OCH3 is 5. The van der Waals surface area contributed by atoms with Crippen LogP contribution >= 0.6 is 0 Å². The molecule has 2 saturated carbocycles. The Kier molecular flexibility index (Phi) is 12.4. The van der Waals surface area contributed by atoms with Gasteiger partial charge in [0.2, 0.25) is 0 Å². The molecule has 0 aromatic carbocycles. The van der Waals surface area contributed by atoms with Gasteiger partial charge in [0.25, 0.3) is 0 Å². The largest absolute Gasteiger partial charge is 0.390 e. The number of hydrogen-bond donors (Lipinski definition) is 2. The van der Waals surface area contributed by atoms with Gasteiger partial charge in [0.05, 0.1) is 30.0 Å². The molecule has 2 fully saturated rings. The minimum Gasteiger partial charge on any atom is -0.390 e. The zero-order chi connectivity index (χ0) is 23.6. The topological polar surface area (TPSA) is 78.4 Å². The van der Waals surface area contributed by atoms with Gasteiger partial charge in [-0.3, -0.25) is 0 Å². The highest BCUT2D eigenvalue weighted by atomic mass is 16.6. The third kappa shape index (κ3) is 7.36. The molecule has 2 N–H and O–H groups in total. The van der Waals surface area contributed by atoms with Crippen molar-refractivity contribution in [1.29, 1.82) is 0 Å². The lowest BCUT2D eigenvalue weighted by atomic mass is 9.70. The van der Waals surface area contributed by atoms with Gasteiger partial charge in [0.15, 0.2) is 0 Å². The minimum atomic E-state index is -0.696. The van der Waals surface area contributed by atoms with Crippen LogP contribution in [-0.2, 0) is 23.7 Å². The first-order valence-corrected chi connectivity index (χ1v) is 12.5. The average molecular weight is 460 g/mol. The number of rotatable bonds is 14. The molecule has 0 saturated heterocycles. The fourth-order valence-electron chi connectivity index (χ4n) is 5.95. The summed E-state index contributed by atoms with van der Waals surface area (Å²) in [6.07, 6.45) is 8.91. The zero-order valence-corrected chi connectivity index (χ0v) is 21.3. The second kappa shape index (κ2) is 14.2. The molecule has 2 aliphatic carbocycles. The van der Waals surface area contributed by atoms with Crippen LogP contribution < -0.4 is 5.32 Å². The lowest BCUT2D eigenvalue weighted by Gasteiger charge is -2.46. The van der Waals surface area contributed by atoms with Crippen molar-refractivity contribution >= 4 is 0 Å². The maximum absolute atomic E-state index is 11.5. The molecule has 32 heavy (non-hydrogen) atoms. The van der Waals surface area contributed by atoms with Crippen LogP contribution in [0.3, 0.4) is 0 Å². The Morgan fingerprint density at radius 3 is 1.94 bits per heavy atom. The van der Waals surface area contributed by atoms with Crippen molar-refractivity contribution in [3.05, 3.63) is 0 Å². The molecule has 0 heterocycles. The summed E-state index contributed by atoms with van der Waals surface area (Å²) in [4.78, 5) is 0. The van der Waals surface area contributed by atoms with E-state index in [1.54, 1.807) is 35.5 Å². The first kappa shape index (κ1) is 28.0. The summed E-state index contributed by atoms with van der Waals surface area (Å²) in [6, 6.07) is 0. The summed E-state index contributed by atoms with van der Waals surface area (Å²) in [5, 5.41) is 15.1. The predicted octanol–water partition coefficient (Wildman–Crippen LogP) is 3.17. The Balaban J connectivity index is 1.73. The second-order valence-corrected chi connectivity index (χ2v) is 9.74. The van der Waals surface area contributed by atoms with E-state index < -0.39 is 5.60 Å². The quantitative estimate of drug-likeness (QED) is 0.386. The fourth-order valence-corrected chi connectivity index (χ4v) is 5.95. The van der Waals surface area contributed by atoms with Gasteiger partial charge in [-0.2, -0.15) is 0 Å². The SMILES string of the molecule is CCC(O)(CCCNCCC1CCC(OC)C(OC)C1)C1CC(OC)C(OC)C(OC)C1. The Morgan fingerprint density at radius 1 is 0.781 bits per heavy atom. The van der Waals surface area contributed by atoms with Crippen molar-refractivity contribution < 1.29 is 28.8 Å². The molecule has 0 spiro atoms. The van der Waals surface area contributed by atoms with E-state index in [4.69, 9.17) is 23.7 Å². The van der Waals surface area contributed by atoms with Crippen LogP contribution in [0.1, 0.15) is 64.7 Å². The van der Waals surface area contributed by atoms with Gasteiger partial charge in [-0.15, -0.1) is 0 Å². The lowest BCUT2D eigenvalue weighted by molar-refractivity contribution is -0.169. The maximum Gasteiger partial charge on any atom is 0.109 e. The van der Waals surface area contributed by atoms with Gasteiger partial charge in [-0.05, 0) is 82.7 Å². The third-order valence-corrected chi connectivity index (χ3v) is 8.15. The summed E-state index contributed by atoms with van der Waals surface area (Å²) in [5.41, 5.74) is -0.696.